The summed E-state index contributed by atoms with van der Waals surface area (Å²) >= 11 is 0. The summed E-state index contributed by atoms with van der Waals surface area (Å²) < 4.78 is 2.02. The van der Waals surface area contributed by atoms with Crippen LogP contribution in [0.25, 0.3) is 5.52 Å². The molecular formula is C21H16N2O. The number of anilines is 2. The van der Waals surface area contributed by atoms with E-state index in [2.05, 4.69) is 0 Å². The Morgan fingerprint density at radius 1 is 0.708 bits per heavy atom. The highest BCUT2D eigenvalue weighted by atomic mass is 16.2. The first-order chi connectivity index (χ1) is 11.8. The van der Waals surface area contributed by atoms with Crippen molar-refractivity contribution >= 4 is 22.9 Å². The molecule has 0 spiro atoms. The number of nitrogens with zero attached hydrogens (tertiary/aromatic N) is 2. The van der Waals surface area contributed by atoms with Crippen molar-refractivity contribution in [2.24, 2.45) is 0 Å². The van der Waals surface area contributed by atoms with E-state index in [0.717, 1.165) is 17.0 Å². The second kappa shape index (κ2) is 6.05. The van der Waals surface area contributed by atoms with Gasteiger partial charge in [-0.3, -0.25) is 9.69 Å². The van der Waals surface area contributed by atoms with Gasteiger partial charge in [0.15, 0.2) is 0 Å². The Kier molecular flexibility index (Phi) is 3.60. The minimum Gasteiger partial charge on any atom is -0.303 e. The number of carbonyl (C=O) groups is 1. The first kappa shape index (κ1) is 14.3. The Morgan fingerprint density at radius 3 is 2.12 bits per heavy atom. The number of para-hydroxylation sites is 1. The van der Waals surface area contributed by atoms with Gasteiger partial charge in [0.05, 0.1) is 5.69 Å². The molecule has 2 heterocycles. The number of hydrogen-bond acceptors (Lipinski definition) is 1. The SMILES string of the molecule is O=C(c1ccccc1)N(c1ccccc1)c1ccc2ccccn12. The van der Waals surface area contributed by atoms with Gasteiger partial charge >= 0.3 is 0 Å². The van der Waals surface area contributed by atoms with Crippen LogP contribution in [0.3, 0.4) is 0 Å². The van der Waals surface area contributed by atoms with E-state index in [1.54, 1.807) is 4.90 Å². The zero-order chi connectivity index (χ0) is 16.4. The molecule has 0 aliphatic carbocycles. The molecule has 3 heteroatoms. The van der Waals surface area contributed by atoms with E-state index >= 15 is 0 Å². The van der Waals surface area contributed by atoms with Crippen LogP contribution in [0.2, 0.25) is 0 Å². The fourth-order valence-electron chi connectivity index (χ4n) is 2.86. The summed E-state index contributed by atoms with van der Waals surface area (Å²) in [7, 11) is 0. The van der Waals surface area contributed by atoms with Crippen LogP contribution < -0.4 is 4.90 Å². The number of carbonyl (C=O) groups excluding carboxylic acids is 1. The van der Waals surface area contributed by atoms with Gasteiger partial charge in [-0.2, -0.15) is 0 Å². The normalized spacial score (nSPS) is 10.7. The molecule has 4 rings (SSSR count). The molecule has 2 aromatic heterocycles. The van der Waals surface area contributed by atoms with Gasteiger partial charge in [0.2, 0.25) is 0 Å². The zero-order valence-electron chi connectivity index (χ0n) is 13.0. The van der Waals surface area contributed by atoms with E-state index in [-0.39, 0.29) is 5.91 Å². The Hall–Kier alpha value is -3.33. The van der Waals surface area contributed by atoms with Crippen molar-refractivity contribution in [2.45, 2.75) is 0 Å². The first-order valence-electron chi connectivity index (χ1n) is 7.85. The molecule has 116 valence electrons. The Morgan fingerprint density at radius 2 is 1.38 bits per heavy atom. The molecule has 0 aliphatic heterocycles. The van der Waals surface area contributed by atoms with Gasteiger partial charge in [0.1, 0.15) is 5.82 Å². The Bertz CT molecular complexity index is 974. The third kappa shape index (κ3) is 2.46. The summed E-state index contributed by atoms with van der Waals surface area (Å²) in [5.41, 5.74) is 2.55. The number of hydrogen-bond donors (Lipinski definition) is 0. The molecule has 0 unspecified atom stereocenters. The van der Waals surface area contributed by atoms with E-state index in [9.17, 15) is 4.79 Å². The number of aromatic nitrogens is 1. The smallest absolute Gasteiger partial charge is 0.263 e. The van der Waals surface area contributed by atoms with Gasteiger partial charge < -0.3 is 4.40 Å². The standard InChI is InChI=1S/C21H16N2O/c24-21(17-9-3-1-4-10-17)23(19-12-5-2-6-13-19)20-15-14-18-11-7-8-16-22(18)20/h1-16H. The molecule has 0 saturated carbocycles. The summed E-state index contributed by atoms with van der Waals surface area (Å²) in [6.45, 7) is 0. The molecule has 0 saturated heterocycles. The lowest BCUT2D eigenvalue weighted by Gasteiger charge is -2.23. The molecule has 0 fully saturated rings. The van der Waals surface area contributed by atoms with E-state index in [4.69, 9.17) is 0 Å². The van der Waals surface area contributed by atoms with Gasteiger partial charge in [-0.1, -0.05) is 42.5 Å². The minimum absolute atomic E-state index is 0.0503. The van der Waals surface area contributed by atoms with E-state index in [1.165, 1.54) is 0 Å². The summed E-state index contributed by atoms with van der Waals surface area (Å²) in [6, 6.07) is 29.1. The molecule has 2 aromatic carbocycles. The number of rotatable bonds is 3. The molecule has 0 N–H and O–H groups in total. The second-order valence-corrected chi connectivity index (χ2v) is 5.53. The Labute approximate surface area is 140 Å². The van der Waals surface area contributed by atoms with Crippen LogP contribution in [-0.2, 0) is 0 Å². The lowest BCUT2D eigenvalue weighted by molar-refractivity contribution is 0.0998. The van der Waals surface area contributed by atoms with Crippen LogP contribution >= 0.6 is 0 Å². The minimum atomic E-state index is -0.0503. The zero-order valence-corrected chi connectivity index (χ0v) is 13.0. The average Bonchev–Trinajstić information content (AvgIpc) is 3.07. The summed E-state index contributed by atoms with van der Waals surface area (Å²) in [5.74, 6) is 0.774. The third-order valence-electron chi connectivity index (χ3n) is 4.01. The number of pyridine rings is 1. The lowest BCUT2D eigenvalue weighted by atomic mass is 10.2. The molecular weight excluding hydrogens is 296 g/mol. The van der Waals surface area contributed by atoms with Crippen LogP contribution in [0.15, 0.2) is 97.2 Å². The highest BCUT2D eigenvalue weighted by Crippen LogP contribution is 2.29. The van der Waals surface area contributed by atoms with Gasteiger partial charge in [-0.25, -0.2) is 0 Å². The molecule has 3 nitrogen and oxygen atoms in total. The van der Waals surface area contributed by atoms with Crippen molar-refractivity contribution in [1.82, 2.24) is 4.40 Å². The first-order valence-corrected chi connectivity index (χ1v) is 7.85. The number of amides is 1. The van der Waals surface area contributed by atoms with Crippen LogP contribution in [-0.4, -0.2) is 10.3 Å². The molecule has 24 heavy (non-hydrogen) atoms. The maximum absolute atomic E-state index is 13.2. The maximum atomic E-state index is 13.2. The summed E-state index contributed by atoms with van der Waals surface area (Å²) in [4.78, 5) is 15.0. The predicted octanol–water partition coefficient (Wildman–Crippen LogP) is 4.92. The topological polar surface area (TPSA) is 24.7 Å². The van der Waals surface area contributed by atoms with Gasteiger partial charge in [-0.15, -0.1) is 0 Å². The highest BCUT2D eigenvalue weighted by Gasteiger charge is 2.21. The largest absolute Gasteiger partial charge is 0.303 e. The molecule has 4 aromatic rings. The van der Waals surface area contributed by atoms with Crippen molar-refractivity contribution in [2.75, 3.05) is 4.90 Å². The van der Waals surface area contributed by atoms with Crippen molar-refractivity contribution in [3.05, 3.63) is 103 Å². The average molecular weight is 312 g/mol. The third-order valence-corrected chi connectivity index (χ3v) is 4.01. The Balaban J connectivity index is 1.90. The molecule has 1 amide bonds. The predicted molar refractivity (Wildman–Crippen MR) is 96.8 cm³/mol. The molecule has 0 atom stereocenters. The maximum Gasteiger partial charge on any atom is 0.263 e. The second-order valence-electron chi connectivity index (χ2n) is 5.53. The fourth-order valence-corrected chi connectivity index (χ4v) is 2.86. The molecule has 0 bridgehead atoms. The van der Waals surface area contributed by atoms with Crippen molar-refractivity contribution in [3.8, 4) is 0 Å². The van der Waals surface area contributed by atoms with E-state index in [1.807, 2.05) is 102 Å². The van der Waals surface area contributed by atoms with Crippen LogP contribution in [0.5, 0.6) is 0 Å². The monoisotopic (exact) mass is 312 g/mol. The molecule has 0 radical (unpaired) electrons. The number of benzene rings is 2. The van der Waals surface area contributed by atoms with E-state index < -0.39 is 0 Å². The van der Waals surface area contributed by atoms with Gasteiger partial charge in [0.25, 0.3) is 5.91 Å². The number of fused-ring (bicyclic) bond motifs is 1. The lowest BCUT2D eigenvalue weighted by Crippen LogP contribution is -2.27. The van der Waals surface area contributed by atoms with Crippen LogP contribution in [0.4, 0.5) is 11.5 Å². The van der Waals surface area contributed by atoms with Crippen molar-refractivity contribution in [1.29, 1.82) is 0 Å². The van der Waals surface area contributed by atoms with Crippen molar-refractivity contribution < 1.29 is 4.79 Å². The van der Waals surface area contributed by atoms with Crippen LogP contribution in [0.1, 0.15) is 10.4 Å². The summed E-state index contributed by atoms with van der Waals surface area (Å²) in [5, 5.41) is 0. The van der Waals surface area contributed by atoms with Gasteiger partial charge in [-0.05, 0) is 48.5 Å². The van der Waals surface area contributed by atoms with E-state index in [0.29, 0.717) is 5.56 Å². The van der Waals surface area contributed by atoms with Crippen molar-refractivity contribution in [3.63, 3.8) is 0 Å². The van der Waals surface area contributed by atoms with Crippen LogP contribution in [0, 0.1) is 0 Å². The molecule has 0 aliphatic rings. The quantitative estimate of drug-likeness (QED) is 0.527. The summed E-state index contributed by atoms with van der Waals surface area (Å²) in [6.07, 6.45) is 1.97. The highest BCUT2D eigenvalue weighted by molar-refractivity contribution is 6.10. The fraction of sp³-hybridized carbons (Fsp3) is 0. The van der Waals surface area contributed by atoms with Gasteiger partial charge in [0, 0.05) is 17.3 Å².